The molecule has 2 amide bonds. The van der Waals surface area contributed by atoms with Crippen molar-refractivity contribution in [1.29, 1.82) is 0 Å². The number of aryl methyl sites for hydroxylation is 2. The number of anilines is 2. The van der Waals surface area contributed by atoms with Crippen LogP contribution in [0.2, 0.25) is 0 Å². The lowest BCUT2D eigenvalue weighted by atomic mass is 9.95. The number of benzene rings is 5. The summed E-state index contributed by atoms with van der Waals surface area (Å²) in [7, 11) is 1.72. The van der Waals surface area contributed by atoms with Crippen molar-refractivity contribution in [3.05, 3.63) is 149 Å². The number of nitrogens with one attached hydrogen (secondary N) is 1. The third-order valence-electron chi connectivity index (χ3n) is 7.01. The third kappa shape index (κ3) is 6.20. The Morgan fingerprint density at radius 2 is 1.44 bits per heavy atom. The molecule has 5 aromatic carbocycles. The first-order valence-corrected chi connectivity index (χ1v) is 13.5. The van der Waals surface area contributed by atoms with Crippen LogP contribution in [0, 0.1) is 13.8 Å². The van der Waals surface area contributed by atoms with E-state index in [-0.39, 0.29) is 11.8 Å². The Morgan fingerprint density at radius 1 is 0.756 bits per heavy atom. The molecule has 0 aromatic heterocycles. The van der Waals surface area contributed by atoms with Crippen LogP contribution in [0.25, 0.3) is 11.1 Å². The zero-order valence-electron chi connectivity index (χ0n) is 23.4. The molecule has 0 aliphatic rings. The lowest BCUT2D eigenvalue weighted by molar-refractivity contribution is 0.0993. The van der Waals surface area contributed by atoms with Gasteiger partial charge in [-0.25, -0.2) is 0 Å². The Bertz CT molecular complexity index is 1680. The van der Waals surface area contributed by atoms with Gasteiger partial charge in [0.2, 0.25) is 0 Å². The van der Waals surface area contributed by atoms with Crippen molar-refractivity contribution in [3.8, 4) is 16.9 Å². The van der Waals surface area contributed by atoms with Gasteiger partial charge < -0.3 is 15.0 Å². The van der Waals surface area contributed by atoms with Gasteiger partial charge in [-0.2, -0.15) is 0 Å². The van der Waals surface area contributed by atoms with E-state index in [0.29, 0.717) is 34.9 Å². The first-order chi connectivity index (χ1) is 19.9. The van der Waals surface area contributed by atoms with Crippen LogP contribution in [-0.4, -0.2) is 18.9 Å². The molecule has 204 valence electrons. The molecule has 0 heterocycles. The second kappa shape index (κ2) is 12.3. The topological polar surface area (TPSA) is 58.6 Å². The van der Waals surface area contributed by atoms with E-state index in [1.54, 1.807) is 30.1 Å². The SMILES string of the molecule is Cc1ccc(OCc2ccccc2)c(N(C)C(=O)c2ccccc2NC(=O)c2c(C)cccc2-c2ccccc2)c1. The zero-order valence-corrected chi connectivity index (χ0v) is 23.4. The molecule has 5 rings (SSSR count). The summed E-state index contributed by atoms with van der Waals surface area (Å²) >= 11 is 0. The van der Waals surface area contributed by atoms with Crippen LogP contribution in [0.3, 0.4) is 0 Å². The van der Waals surface area contributed by atoms with Crippen molar-refractivity contribution in [3.63, 3.8) is 0 Å². The number of carbonyl (C=O) groups is 2. The highest BCUT2D eigenvalue weighted by Crippen LogP contribution is 2.32. The van der Waals surface area contributed by atoms with E-state index in [4.69, 9.17) is 4.74 Å². The van der Waals surface area contributed by atoms with Gasteiger partial charge in [0.15, 0.2) is 0 Å². The molecule has 0 bridgehead atoms. The summed E-state index contributed by atoms with van der Waals surface area (Å²) < 4.78 is 6.14. The Hall–Kier alpha value is -5.16. The molecule has 1 N–H and O–H groups in total. The Labute approximate surface area is 241 Å². The quantitative estimate of drug-likeness (QED) is 0.216. The zero-order chi connectivity index (χ0) is 28.8. The molecule has 0 spiro atoms. The summed E-state index contributed by atoms with van der Waals surface area (Å²) in [5, 5.41) is 3.02. The van der Waals surface area contributed by atoms with Crippen molar-refractivity contribution in [1.82, 2.24) is 0 Å². The number of carbonyl (C=O) groups excluding carboxylic acids is 2. The largest absolute Gasteiger partial charge is 0.487 e. The molecule has 0 fully saturated rings. The summed E-state index contributed by atoms with van der Waals surface area (Å²) in [6.45, 7) is 4.27. The average molecular weight is 541 g/mol. The first-order valence-electron chi connectivity index (χ1n) is 13.5. The minimum absolute atomic E-state index is 0.260. The van der Waals surface area contributed by atoms with Gasteiger partial charge in [-0.3, -0.25) is 9.59 Å². The van der Waals surface area contributed by atoms with Crippen molar-refractivity contribution in [2.24, 2.45) is 0 Å². The number of rotatable bonds is 8. The monoisotopic (exact) mass is 540 g/mol. The molecule has 0 aliphatic heterocycles. The Balaban J connectivity index is 1.43. The highest BCUT2D eigenvalue weighted by Gasteiger charge is 2.23. The average Bonchev–Trinajstić information content (AvgIpc) is 3.00. The van der Waals surface area contributed by atoms with E-state index in [0.717, 1.165) is 27.8 Å². The van der Waals surface area contributed by atoms with Crippen LogP contribution in [-0.2, 0) is 6.61 Å². The maximum atomic E-state index is 13.9. The van der Waals surface area contributed by atoms with Crippen LogP contribution in [0.4, 0.5) is 11.4 Å². The highest BCUT2D eigenvalue weighted by molar-refractivity contribution is 6.15. The lowest BCUT2D eigenvalue weighted by Crippen LogP contribution is -2.28. The number of hydrogen-bond acceptors (Lipinski definition) is 3. The maximum Gasteiger partial charge on any atom is 0.260 e. The molecule has 0 unspecified atom stereocenters. The number of para-hydroxylation sites is 1. The maximum absolute atomic E-state index is 13.9. The Kier molecular flexibility index (Phi) is 8.26. The van der Waals surface area contributed by atoms with E-state index in [2.05, 4.69) is 5.32 Å². The fourth-order valence-electron chi connectivity index (χ4n) is 4.83. The van der Waals surface area contributed by atoms with Crippen LogP contribution in [0.1, 0.15) is 37.4 Å². The van der Waals surface area contributed by atoms with Gasteiger partial charge >= 0.3 is 0 Å². The van der Waals surface area contributed by atoms with E-state index >= 15 is 0 Å². The minimum atomic E-state index is -0.271. The summed E-state index contributed by atoms with van der Waals surface area (Å²) in [4.78, 5) is 29.2. The molecule has 5 aromatic rings. The fraction of sp³-hybridized carbons (Fsp3) is 0.111. The normalized spacial score (nSPS) is 10.6. The van der Waals surface area contributed by atoms with Crippen molar-refractivity contribution < 1.29 is 14.3 Å². The predicted octanol–water partition coefficient (Wildman–Crippen LogP) is 8.08. The molecule has 0 atom stereocenters. The van der Waals surface area contributed by atoms with Gasteiger partial charge in [-0.05, 0) is 65.9 Å². The molecule has 5 nitrogen and oxygen atoms in total. The molecular weight excluding hydrogens is 508 g/mol. The van der Waals surface area contributed by atoms with Crippen LogP contribution in [0.15, 0.2) is 121 Å². The lowest BCUT2D eigenvalue weighted by Gasteiger charge is -2.23. The van der Waals surface area contributed by atoms with Gasteiger partial charge in [0.05, 0.1) is 22.5 Å². The van der Waals surface area contributed by atoms with E-state index in [9.17, 15) is 9.59 Å². The van der Waals surface area contributed by atoms with Gasteiger partial charge in [0.25, 0.3) is 11.8 Å². The molecule has 41 heavy (non-hydrogen) atoms. The standard InChI is InChI=1S/C36H32N2O3/c1-25-21-22-33(41-24-27-14-6-4-7-15-27)32(23-25)38(3)36(40)30-18-10-11-20-31(30)37-35(39)34-26(2)13-12-19-29(34)28-16-8-5-9-17-28/h4-23H,24H2,1-3H3,(H,37,39). The number of ether oxygens (including phenoxy) is 1. The summed E-state index contributed by atoms with van der Waals surface area (Å²) in [5.74, 6) is 0.0701. The van der Waals surface area contributed by atoms with Crippen molar-refractivity contribution in [2.45, 2.75) is 20.5 Å². The fourth-order valence-corrected chi connectivity index (χ4v) is 4.83. The van der Waals surface area contributed by atoms with Gasteiger partial charge in [-0.15, -0.1) is 0 Å². The van der Waals surface area contributed by atoms with E-state index in [1.807, 2.05) is 117 Å². The van der Waals surface area contributed by atoms with Crippen LogP contribution in [0.5, 0.6) is 5.75 Å². The van der Waals surface area contributed by atoms with E-state index in [1.165, 1.54) is 0 Å². The third-order valence-corrected chi connectivity index (χ3v) is 7.01. The summed E-state index contributed by atoms with van der Waals surface area (Å²) in [6.07, 6.45) is 0. The minimum Gasteiger partial charge on any atom is -0.487 e. The van der Waals surface area contributed by atoms with Crippen LogP contribution < -0.4 is 15.0 Å². The molecule has 0 aliphatic carbocycles. The highest BCUT2D eigenvalue weighted by atomic mass is 16.5. The Morgan fingerprint density at radius 3 is 2.20 bits per heavy atom. The molecule has 0 saturated heterocycles. The smallest absolute Gasteiger partial charge is 0.260 e. The number of amides is 2. The summed E-state index contributed by atoms with van der Waals surface area (Å²) in [5.41, 5.74) is 6.72. The predicted molar refractivity (Wildman–Crippen MR) is 166 cm³/mol. The summed E-state index contributed by atoms with van der Waals surface area (Å²) in [6, 6.07) is 38.4. The second-order valence-corrected chi connectivity index (χ2v) is 9.97. The van der Waals surface area contributed by atoms with Gasteiger partial charge in [-0.1, -0.05) is 97.1 Å². The molecule has 0 saturated carbocycles. The number of nitrogens with zero attached hydrogens (tertiary/aromatic N) is 1. The van der Waals surface area contributed by atoms with Crippen LogP contribution >= 0.6 is 0 Å². The van der Waals surface area contributed by atoms with E-state index < -0.39 is 0 Å². The molecule has 5 heteroatoms. The van der Waals surface area contributed by atoms with Crippen molar-refractivity contribution >= 4 is 23.2 Å². The molecule has 0 radical (unpaired) electrons. The van der Waals surface area contributed by atoms with Crippen molar-refractivity contribution in [2.75, 3.05) is 17.3 Å². The second-order valence-electron chi connectivity index (χ2n) is 9.97. The van der Waals surface area contributed by atoms with Gasteiger partial charge in [0, 0.05) is 7.05 Å². The van der Waals surface area contributed by atoms with Gasteiger partial charge in [0.1, 0.15) is 12.4 Å². The number of hydrogen-bond donors (Lipinski definition) is 1. The first kappa shape index (κ1) is 27.4. The molecular formula is C36H32N2O3.